The van der Waals surface area contributed by atoms with Crippen LogP contribution in [-0.2, 0) is 11.3 Å². The minimum atomic E-state index is -0.323. The van der Waals surface area contributed by atoms with Gasteiger partial charge in [-0.15, -0.1) is 0 Å². The summed E-state index contributed by atoms with van der Waals surface area (Å²) < 4.78 is 19.1. The number of halogens is 1. The molecule has 0 saturated carbocycles. The summed E-state index contributed by atoms with van der Waals surface area (Å²) in [5.41, 5.74) is 6.57. The minimum Gasteiger partial charge on any atom is -0.374 e. The Morgan fingerprint density at radius 3 is 2.67 bits per heavy atom. The largest absolute Gasteiger partial charge is 0.374 e. The first kappa shape index (κ1) is 14.7. The average Bonchev–Trinajstić information content (AvgIpc) is 2.35. The lowest BCUT2D eigenvalue weighted by Crippen LogP contribution is -2.15. The Kier molecular flexibility index (Phi) is 5.84. The molecule has 0 aliphatic carbocycles. The van der Waals surface area contributed by atoms with Crippen molar-refractivity contribution in [3.05, 3.63) is 35.1 Å². The van der Waals surface area contributed by atoms with Crippen LogP contribution in [0, 0.1) is 23.6 Å². The van der Waals surface area contributed by atoms with Crippen LogP contribution >= 0.6 is 0 Å². The van der Waals surface area contributed by atoms with E-state index in [1.807, 2.05) is 6.92 Å². The lowest BCUT2D eigenvalue weighted by Gasteiger charge is -2.16. The molecule has 0 radical (unpaired) electrons. The number of ether oxygens (including phenoxy) is 1. The van der Waals surface area contributed by atoms with Crippen molar-refractivity contribution < 1.29 is 9.13 Å². The van der Waals surface area contributed by atoms with Crippen LogP contribution < -0.4 is 5.73 Å². The summed E-state index contributed by atoms with van der Waals surface area (Å²) in [4.78, 5) is 0. The molecule has 0 aromatic heterocycles. The van der Waals surface area contributed by atoms with E-state index >= 15 is 0 Å². The number of hydrogen-bond donors (Lipinski definition) is 1. The van der Waals surface area contributed by atoms with Gasteiger partial charge in [-0.05, 0) is 30.5 Å². The number of benzene rings is 1. The first-order valence-corrected chi connectivity index (χ1v) is 6.13. The molecule has 1 aromatic rings. The van der Waals surface area contributed by atoms with Crippen LogP contribution in [0.2, 0.25) is 0 Å². The second kappa shape index (κ2) is 7.15. The molecule has 0 aliphatic rings. The Morgan fingerprint density at radius 2 is 2.06 bits per heavy atom. The van der Waals surface area contributed by atoms with Gasteiger partial charge in [-0.25, -0.2) is 4.39 Å². The Hall–Kier alpha value is -1.37. The second-order valence-corrected chi connectivity index (χ2v) is 4.58. The molecule has 2 N–H and O–H groups in total. The number of nitrogens with two attached hydrogens (primary N) is 1. The molecular formula is C15H20FNO. The van der Waals surface area contributed by atoms with E-state index in [-0.39, 0.29) is 18.5 Å². The summed E-state index contributed by atoms with van der Waals surface area (Å²) in [5, 5.41) is 0. The Balaban J connectivity index is 2.73. The van der Waals surface area contributed by atoms with E-state index in [9.17, 15) is 4.39 Å². The van der Waals surface area contributed by atoms with Crippen LogP contribution in [0.15, 0.2) is 18.2 Å². The third-order valence-electron chi connectivity index (χ3n) is 2.81. The SMILES string of the molecule is CC(C)C(C)OCc1ccc(F)c(C#CCN)c1. The molecule has 0 aliphatic heterocycles. The maximum Gasteiger partial charge on any atom is 0.138 e. The summed E-state index contributed by atoms with van der Waals surface area (Å²) in [6, 6.07) is 4.85. The molecule has 3 heteroatoms. The normalized spacial score (nSPS) is 12.1. The van der Waals surface area contributed by atoms with Crippen LogP contribution in [0.1, 0.15) is 31.9 Å². The lowest BCUT2D eigenvalue weighted by atomic mass is 10.1. The molecule has 0 heterocycles. The van der Waals surface area contributed by atoms with Gasteiger partial charge in [0.15, 0.2) is 0 Å². The fourth-order valence-corrected chi connectivity index (χ4v) is 1.32. The summed E-state index contributed by atoms with van der Waals surface area (Å²) in [6.07, 6.45) is 0.175. The minimum absolute atomic E-state index is 0.175. The van der Waals surface area contributed by atoms with Gasteiger partial charge in [0, 0.05) is 0 Å². The van der Waals surface area contributed by atoms with Gasteiger partial charge >= 0.3 is 0 Å². The first-order chi connectivity index (χ1) is 8.54. The van der Waals surface area contributed by atoms with Gasteiger partial charge in [-0.3, -0.25) is 0 Å². The van der Waals surface area contributed by atoms with E-state index in [0.29, 0.717) is 18.1 Å². The Labute approximate surface area is 108 Å². The van der Waals surface area contributed by atoms with E-state index < -0.39 is 0 Å². The quantitative estimate of drug-likeness (QED) is 0.833. The summed E-state index contributed by atoms with van der Waals surface area (Å²) in [6.45, 7) is 6.94. The van der Waals surface area contributed by atoms with E-state index in [1.165, 1.54) is 6.07 Å². The monoisotopic (exact) mass is 249 g/mol. The number of rotatable bonds is 4. The summed E-state index contributed by atoms with van der Waals surface area (Å²) in [7, 11) is 0. The first-order valence-electron chi connectivity index (χ1n) is 6.13. The fraction of sp³-hybridized carbons (Fsp3) is 0.467. The lowest BCUT2D eigenvalue weighted by molar-refractivity contribution is 0.0235. The Bertz CT molecular complexity index is 446. The molecule has 0 spiro atoms. The fourth-order valence-electron chi connectivity index (χ4n) is 1.32. The third-order valence-corrected chi connectivity index (χ3v) is 2.81. The van der Waals surface area contributed by atoms with Crippen LogP contribution in [0.5, 0.6) is 0 Å². The van der Waals surface area contributed by atoms with Crippen LogP contribution in [-0.4, -0.2) is 12.6 Å². The van der Waals surface area contributed by atoms with Crippen LogP contribution in [0.3, 0.4) is 0 Å². The van der Waals surface area contributed by atoms with Crippen LogP contribution in [0.25, 0.3) is 0 Å². The van der Waals surface area contributed by atoms with E-state index in [1.54, 1.807) is 12.1 Å². The average molecular weight is 249 g/mol. The maximum absolute atomic E-state index is 13.4. The molecule has 1 aromatic carbocycles. The van der Waals surface area contributed by atoms with Gasteiger partial charge < -0.3 is 10.5 Å². The van der Waals surface area contributed by atoms with Crippen molar-refractivity contribution in [3.8, 4) is 11.8 Å². The molecule has 0 saturated heterocycles. The predicted octanol–water partition coefficient (Wildman–Crippen LogP) is 2.70. The van der Waals surface area contributed by atoms with Gasteiger partial charge in [0.25, 0.3) is 0 Å². The molecule has 1 unspecified atom stereocenters. The second-order valence-electron chi connectivity index (χ2n) is 4.58. The highest BCUT2D eigenvalue weighted by Crippen LogP contribution is 2.13. The van der Waals surface area contributed by atoms with E-state index in [0.717, 1.165) is 5.56 Å². The molecule has 1 atom stereocenters. The van der Waals surface area contributed by atoms with Crippen molar-refractivity contribution in [2.24, 2.45) is 11.7 Å². The summed E-state index contributed by atoms with van der Waals surface area (Å²) in [5.74, 6) is 5.51. The molecule has 2 nitrogen and oxygen atoms in total. The van der Waals surface area contributed by atoms with Crippen LogP contribution in [0.4, 0.5) is 4.39 Å². The predicted molar refractivity (Wildman–Crippen MR) is 71.4 cm³/mol. The van der Waals surface area contributed by atoms with E-state index in [4.69, 9.17) is 10.5 Å². The molecule has 1 rings (SSSR count). The number of hydrogen-bond acceptors (Lipinski definition) is 2. The van der Waals surface area contributed by atoms with Crippen molar-refractivity contribution in [1.29, 1.82) is 0 Å². The maximum atomic E-state index is 13.4. The molecule has 0 amide bonds. The molecular weight excluding hydrogens is 229 g/mol. The third kappa shape index (κ3) is 4.48. The zero-order valence-electron chi connectivity index (χ0n) is 11.2. The molecule has 0 bridgehead atoms. The highest BCUT2D eigenvalue weighted by atomic mass is 19.1. The van der Waals surface area contributed by atoms with Crippen molar-refractivity contribution in [2.75, 3.05) is 6.54 Å². The van der Waals surface area contributed by atoms with E-state index in [2.05, 4.69) is 25.7 Å². The highest BCUT2D eigenvalue weighted by molar-refractivity contribution is 5.38. The van der Waals surface area contributed by atoms with Gasteiger partial charge in [-0.1, -0.05) is 31.8 Å². The van der Waals surface area contributed by atoms with Gasteiger partial charge in [0.2, 0.25) is 0 Å². The van der Waals surface area contributed by atoms with Crippen molar-refractivity contribution in [3.63, 3.8) is 0 Å². The highest BCUT2D eigenvalue weighted by Gasteiger charge is 2.08. The topological polar surface area (TPSA) is 35.2 Å². The van der Waals surface area contributed by atoms with Gasteiger partial charge in [-0.2, -0.15) is 0 Å². The standard InChI is InChI=1S/C15H20FNO/c1-11(2)12(3)18-10-13-6-7-15(16)14(9-13)5-4-8-17/h6-7,9,11-12H,8,10,17H2,1-3H3. The zero-order valence-corrected chi connectivity index (χ0v) is 11.2. The van der Waals surface area contributed by atoms with Crippen molar-refractivity contribution >= 4 is 0 Å². The van der Waals surface area contributed by atoms with Gasteiger partial charge in [0.1, 0.15) is 5.82 Å². The van der Waals surface area contributed by atoms with Gasteiger partial charge in [0.05, 0.1) is 24.8 Å². The molecule has 18 heavy (non-hydrogen) atoms. The summed E-state index contributed by atoms with van der Waals surface area (Å²) >= 11 is 0. The van der Waals surface area contributed by atoms with Crippen molar-refractivity contribution in [1.82, 2.24) is 0 Å². The molecule has 98 valence electrons. The zero-order chi connectivity index (χ0) is 13.5. The Morgan fingerprint density at radius 1 is 1.33 bits per heavy atom. The van der Waals surface area contributed by atoms with Crippen molar-refractivity contribution in [2.45, 2.75) is 33.5 Å². The smallest absolute Gasteiger partial charge is 0.138 e. The molecule has 0 fully saturated rings.